The van der Waals surface area contributed by atoms with Gasteiger partial charge in [0, 0.05) is 11.6 Å². The van der Waals surface area contributed by atoms with Crippen LogP contribution in [0.25, 0.3) is 6.08 Å². The number of rotatable bonds is 6. The van der Waals surface area contributed by atoms with E-state index in [1.807, 2.05) is 0 Å². The molecule has 0 aromatic heterocycles. The van der Waals surface area contributed by atoms with Crippen LogP contribution in [0.2, 0.25) is 0 Å². The number of fused-ring (bicyclic) bond motifs is 1. The molecule has 1 aliphatic rings. The van der Waals surface area contributed by atoms with Crippen LogP contribution in [-0.4, -0.2) is 32.3 Å². The van der Waals surface area contributed by atoms with E-state index in [1.54, 1.807) is 55.7 Å². The summed E-state index contributed by atoms with van der Waals surface area (Å²) in [6, 6.07) is 12.0. The molecule has 0 aliphatic carbocycles. The summed E-state index contributed by atoms with van der Waals surface area (Å²) in [4.78, 5) is 23.8. The first-order chi connectivity index (χ1) is 12.2. The van der Waals surface area contributed by atoms with Gasteiger partial charge >= 0.3 is 5.97 Å². The maximum atomic E-state index is 12.1. The first kappa shape index (κ1) is 16.6. The van der Waals surface area contributed by atoms with Gasteiger partial charge < -0.3 is 18.9 Å². The van der Waals surface area contributed by atoms with Crippen LogP contribution in [-0.2, 0) is 9.53 Å². The third-order valence-electron chi connectivity index (χ3n) is 3.57. The lowest BCUT2D eigenvalue weighted by Crippen LogP contribution is -2.12. The molecule has 0 N–H and O–H groups in total. The lowest BCUT2D eigenvalue weighted by molar-refractivity contribution is -0.136. The Labute approximate surface area is 144 Å². The first-order valence-electron chi connectivity index (χ1n) is 7.57. The smallest absolute Gasteiger partial charge is 0.331 e. The molecule has 2 aromatic carbocycles. The van der Waals surface area contributed by atoms with Crippen LogP contribution in [0.3, 0.4) is 0 Å². The van der Waals surface area contributed by atoms with E-state index in [0.717, 1.165) is 11.3 Å². The molecule has 3 rings (SSSR count). The van der Waals surface area contributed by atoms with E-state index in [2.05, 4.69) is 0 Å². The highest BCUT2D eigenvalue weighted by Gasteiger charge is 2.16. The summed E-state index contributed by atoms with van der Waals surface area (Å²) < 4.78 is 20.4. The molecule has 0 spiro atoms. The normalized spacial score (nSPS) is 12.2. The predicted octanol–water partition coefficient (Wildman–Crippen LogP) is 2.86. The molecule has 0 fully saturated rings. The minimum atomic E-state index is -0.593. The minimum Gasteiger partial charge on any atom is -0.497 e. The molecule has 128 valence electrons. The first-order valence-corrected chi connectivity index (χ1v) is 7.57. The second-order valence-electron chi connectivity index (χ2n) is 5.21. The molecule has 1 aliphatic heterocycles. The Kier molecular flexibility index (Phi) is 4.99. The summed E-state index contributed by atoms with van der Waals surface area (Å²) in [5.74, 6) is 0.927. The second kappa shape index (κ2) is 7.53. The number of methoxy groups -OCH3 is 1. The average molecular weight is 340 g/mol. The van der Waals surface area contributed by atoms with Gasteiger partial charge in [-0.25, -0.2) is 4.79 Å². The highest BCUT2D eigenvalue weighted by atomic mass is 16.7. The molecule has 1 heterocycles. The Balaban J connectivity index is 1.52. The zero-order chi connectivity index (χ0) is 17.6. The molecule has 0 atom stereocenters. The molecule has 6 nitrogen and oxygen atoms in total. The van der Waals surface area contributed by atoms with Crippen molar-refractivity contribution >= 4 is 17.8 Å². The standard InChI is InChI=1S/C19H16O6/c1-22-15-6-2-13(3-7-15)4-9-19(21)23-11-16(20)14-5-8-17-18(10-14)25-12-24-17/h2-10H,11-12H2,1H3/b9-4+. The van der Waals surface area contributed by atoms with Gasteiger partial charge in [-0.1, -0.05) is 12.1 Å². The van der Waals surface area contributed by atoms with Gasteiger partial charge in [-0.15, -0.1) is 0 Å². The van der Waals surface area contributed by atoms with Crippen molar-refractivity contribution in [3.63, 3.8) is 0 Å². The average Bonchev–Trinajstić information content (AvgIpc) is 3.12. The highest BCUT2D eigenvalue weighted by molar-refractivity contribution is 5.99. The number of hydrogen-bond acceptors (Lipinski definition) is 6. The number of carbonyl (C=O) groups is 2. The van der Waals surface area contributed by atoms with E-state index in [0.29, 0.717) is 17.1 Å². The van der Waals surface area contributed by atoms with Crippen molar-refractivity contribution in [2.24, 2.45) is 0 Å². The molecular formula is C19H16O6. The fraction of sp³-hybridized carbons (Fsp3) is 0.158. The van der Waals surface area contributed by atoms with E-state index in [4.69, 9.17) is 18.9 Å². The molecule has 0 saturated carbocycles. The Bertz CT molecular complexity index is 807. The summed E-state index contributed by atoms with van der Waals surface area (Å²) in [5, 5.41) is 0. The van der Waals surface area contributed by atoms with E-state index < -0.39 is 5.97 Å². The van der Waals surface area contributed by atoms with E-state index in [-0.39, 0.29) is 19.2 Å². The van der Waals surface area contributed by atoms with Crippen molar-refractivity contribution in [2.75, 3.05) is 20.5 Å². The fourth-order valence-corrected chi connectivity index (χ4v) is 2.22. The van der Waals surface area contributed by atoms with Crippen LogP contribution in [0, 0.1) is 0 Å². The van der Waals surface area contributed by atoms with Crippen LogP contribution in [0.5, 0.6) is 17.2 Å². The Morgan fingerprint density at radius 1 is 1.08 bits per heavy atom. The van der Waals surface area contributed by atoms with Crippen LogP contribution < -0.4 is 14.2 Å². The zero-order valence-corrected chi connectivity index (χ0v) is 13.6. The van der Waals surface area contributed by atoms with E-state index in [9.17, 15) is 9.59 Å². The predicted molar refractivity (Wildman–Crippen MR) is 89.9 cm³/mol. The molecule has 25 heavy (non-hydrogen) atoms. The van der Waals surface area contributed by atoms with Crippen LogP contribution >= 0.6 is 0 Å². The Morgan fingerprint density at radius 3 is 2.60 bits per heavy atom. The van der Waals surface area contributed by atoms with Crippen molar-refractivity contribution in [3.05, 3.63) is 59.7 Å². The van der Waals surface area contributed by atoms with Crippen molar-refractivity contribution < 1.29 is 28.5 Å². The number of esters is 1. The number of benzene rings is 2. The molecule has 0 saturated heterocycles. The maximum absolute atomic E-state index is 12.1. The lowest BCUT2D eigenvalue weighted by atomic mass is 10.1. The molecular weight excluding hydrogens is 324 g/mol. The summed E-state index contributed by atoms with van der Waals surface area (Å²) in [6.07, 6.45) is 2.88. The number of ether oxygens (including phenoxy) is 4. The third kappa shape index (κ3) is 4.17. The topological polar surface area (TPSA) is 71.1 Å². The van der Waals surface area contributed by atoms with Crippen molar-refractivity contribution in [1.29, 1.82) is 0 Å². The third-order valence-corrected chi connectivity index (χ3v) is 3.57. The number of Topliss-reactive ketones (excluding diaryl/α,β-unsaturated/α-hetero) is 1. The summed E-state index contributed by atoms with van der Waals surface area (Å²) >= 11 is 0. The van der Waals surface area contributed by atoms with Crippen LogP contribution in [0.15, 0.2) is 48.5 Å². The van der Waals surface area contributed by atoms with E-state index >= 15 is 0 Å². The van der Waals surface area contributed by atoms with Crippen molar-refractivity contribution in [3.8, 4) is 17.2 Å². The zero-order valence-electron chi connectivity index (χ0n) is 13.6. The fourth-order valence-electron chi connectivity index (χ4n) is 2.22. The molecule has 0 unspecified atom stereocenters. The quantitative estimate of drug-likeness (QED) is 0.457. The van der Waals surface area contributed by atoms with Gasteiger partial charge in [0.15, 0.2) is 23.9 Å². The monoisotopic (exact) mass is 340 g/mol. The SMILES string of the molecule is COc1ccc(/C=C/C(=O)OCC(=O)c2ccc3c(c2)OCO3)cc1. The van der Waals surface area contributed by atoms with E-state index in [1.165, 1.54) is 6.08 Å². The van der Waals surface area contributed by atoms with Gasteiger partial charge in [0.25, 0.3) is 0 Å². The van der Waals surface area contributed by atoms with Crippen LogP contribution in [0.1, 0.15) is 15.9 Å². The van der Waals surface area contributed by atoms with Gasteiger partial charge in [-0.05, 0) is 42.0 Å². The summed E-state index contributed by atoms with van der Waals surface area (Å²) in [5.41, 5.74) is 1.22. The molecule has 0 radical (unpaired) electrons. The van der Waals surface area contributed by atoms with Crippen molar-refractivity contribution in [1.82, 2.24) is 0 Å². The molecule has 2 aromatic rings. The van der Waals surface area contributed by atoms with Crippen molar-refractivity contribution in [2.45, 2.75) is 0 Å². The van der Waals surface area contributed by atoms with Gasteiger partial charge in [0.2, 0.25) is 6.79 Å². The van der Waals surface area contributed by atoms with Gasteiger partial charge in [-0.2, -0.15) is 0 Å². The summed E-state index contributed by atoms with van der Waals surface area (Å²) in [6.45, 7) is -0.205. The molecule has 6 heteroatoms. The molecule has 0 amide bonds. The van der Waals surface area contributed by atoms with Gasteiger partial charge in [-0.3, -0.25) is 4.79 Å². The molecule has 0 bridgehead atoms. The lowest BCUT2D eigenvalue weighted by Gasteiger charge is -2.03. The van der Waals surface area contributed by atoms with Gasteiger partial charge in [0.1, 0.15) is 5.75 Å². The highest BCUT2D eigenvalue weighted by Crippen LogP contribution is 2.32. The summed E-state index contributed by atoms with van der Waals surface area (Å²) in [7, 11) is 1.58. The number of ketones is 1. The largest absolute Gasteiger partial charge is 0.497 e. The van der Waals surface area contributed by atoms with Crippen LogP contribution in [0.4, 0.5) is 0 Å². The minimum absolute atomic E-state index is 0.137. The number of carbonyl (C=O) groups excluding carboxylic acids is 2. The Morgan fingerprint density at radius 2 is 1.84 bits per heavy atom. The Hall–Kier alpha value is -3.28. The number of hydrogen-bond donors (Lipinski definition) is 0. The second-order valence-corrected chi connectivity index (χ2v) is 5.21. The maximum Gasteiger partial charge on any atom is 0.331 e. The van der Waals surface area contributed by atoms with Gasteiger partial charge in [0.05, 0.1) is 7.11 Å².